The molecule has 0 radical (unpaired) electrons. The average molecular weight is 304 g/mol. The Balaban J connectivity index is 2.01. The van der Waals surface area contributed by atoms with Crippen molar-refractivity contribution in [2.75, 3.05) is 31.0 Å². The molecule has 0 unspecified atom stereocenters. The molecule has 2 fully saturated rings. The van der Waals surface area contributed by atoms with Crippen LogP contribution >= 0.6 is 11.3 Å². The molecule has 2 aliphatic heterocycles. The van der Waals surface area contributed by atoms with Gasteiger partial charge in [-0.05, 0) is 27.7 Å². The molecule has 20 heavy (non-hydrogen) atoms. The summed E-state index contributed by atoms with van der Waals surface area (Å²) < 4.78 is 79.7. The summed E-state index contributed by atoms with van der Waals surface area (Å²) in [6.45, 7) is -4.92. The maximum Gasteiger partial charge on any atom is 0.515 e. The van der Waals surface area contributed by atoms with E-state index in [1.54, 1.807) is 0 Å². The summed E-state index contributed by atoms with van der Waals surface area (Å²) in [5.74, 6) is 0. The van der Waals surface area contributed by atoms with E-state index in [1.165, 1.54) is 5.38 Å². The van der Waals surface area contributed by atoms with Gasteiger partial charge >= 0.3 is 7.12 Å². The van der Waals surface area contributed by atoms with E-state index < -0.39 is 44.4 Å². The summed E-state index contributed by atoms with van der Waals surface area (Å²) >= 11 is 0.835. The molecule has 0 spiro atoms. The van der Waals surface area contributed by atoms with E-state index in [-0.39, 0.29) is 10.7 Å². The van der Waals surface area contributed by atoms with E-state index in [4.69, 9.17) is 20.3 Å². The Morgan fingerprint density at radius 3 is 2.45 bits per heavy atom. The Labute approximate surface area is 135 Å². The Morgan fingerprint density at radius 1 is 1.25 bits per heavy atom. The summed E-state index contributed by atoms with van der Waals surface area (Å²) in [6.07, 6.45) is 0. The first-order valence-corrected chi connectivity index (χ1v) is 7.05. The van der Waals surface area contributed by atoms with Crippen LogP contribution < -0.4 is 10.5 Å². The zero-order chi connectivity index (χ0) is 21.6. The van der Waals surface area contributed by atoms with Crippen molar-refractivity contribution in [3.8, 4) is 0 Å². The molecule has 0 bridgehead atoms. The third-order valence-electron chi connectivity index (χ3n) is 3.61. The van der Waals surface area contributed by atoms with Gasteiger partial charge in [0.2, 0.25) is 0 Å². The van der Waals surface area contributed by atoms with Gasteiger partial charge in [-0.2, -0.15) is 0 Å². The van der Waals surface area contributed by atoms with Crippen LogP contribution in [-0.4, -0.2) is 49.4 Å². The van der Waals surface area contributed by atoms with Gasteiger partial charge in [0.05, 0.1) is 40.9 Å². The Kier molecular flexibility index (Phi) is 1.89. The molecule has 0 aliphatic carbocycles. The predicted molar refractivity (Wildman–Crippen MR) is 80.9 cm³/mol. The fraction of sp³-hybridized carbons (Fsp3) is 0.769. The second-order valence-corrected chi connectivity index (χ2v) is 6.34. The molecule has 7 heteroatoms. The molecule has 0 saturated carbocycles. The second kappa shape index (κ2) is 4.98. The van der Waals surface area contributed by atoms with Crippen LogP contribution in [0.2, 0.25) is 0 Å². The fourth-order valence-electron chi connectivity index (χ4n) is 1.74. The minimum absolute atomic E-state index is 0.254. The number of aromatic nitrogens is 1. The van der Waals surface area contributed by atoms with Gasteiger partial charge in [-0.3, -0.25) is 0 Å². The van der Waals surface area contributed by atoms with Crippen LogP contribution in [-0.2, 0) is 14.0 Å². The van der Waals surface area contributed by atoms with Crippen LogP contribution in [0.1, 0.15) is 38.7 Å². The maximum atomic E-state index is 8.09. The number of rotatable bonds is 2. The minimum Gasteiger partial charge on any atom is -0.398 e. The van der Waals surface area contributed by atoms with Gasteiger partial charge in [-0.15, -0.1) is 11.3 Å². The monoisotopic (exact) mass is 304 g/mol. The molecule has 5 nitrogen and oxygen atoms in total. The van der Waals surface area contributed by atoms with Gasteiger partial charge in [0, 0.05) is 18.4 Å². The molecular formula is C13H21BN2O3S. The molecule has 0 N–H and O–H groups in total. The van der Waals surface area contributed by atoms with Gasteiger partial charge in [0.1, 0.15) is 0 Å². The first-order chi connectivity index (χ1) is 12.4. The Hall–Kier alpha value is -0.625. The molecular weight excluding hydrogens is 275 g/mol. The van der Waals surface area contributed by atoms with Gasteiger partial charge in [-0.1, -0.05) is 0 Å². The van der Waals surface area contributed by atoms with Gasteiger partial charge in [0.15, 0.2) is 5.13 Å². The summed E-state index contributed by atoms with van der Waals surface area (Å²) in [7, 11) is -0.874. The lowest BCUT2D eigenvalue weighted by atomic mass is 9.86. The van der Waals surface area contributed by atoms with Crippen LogP contribution in [0.5, 0.6) is 0 Å². The number of hydrogen-bond acceptors (Lipinski definition) is 6. The smallest absolute Gasteiger partial charge is 0.398 e. The van der Waals surface area contributed by atoms with Gasteiger partial charge < -0.3 is 18.9 Å². The van der Waals surface area contributed by atoms with E-state index in [9.17, 15) is 0 Å². The number of anilines is 1. The molecule has 1 aromatic rings. The van der Waals surface area contributed by atoms with Crippen LogP contribution in [0.4, 0.5) is 5.13 Å². The van der Waals surface area contributed by atoms with Gasteiger partial charge in [-0.25, -0.2) is 4.98 Å². The molecule has 3 heterocycles. The molecule has 2 saturated heterocycles. The quantitative estimate of drug-likeness (QED) is 0.770. The van der Waals surface area contributed by atoms with Crippen molar-refractivity contribution >= 4 is 29.2 Å². The zero-order valence-electron chi connectivity index (χ0n) is 19.7. The summed E-state index contributed by atoms with van der Waals surface area (Å²) in [5.41, 5.74) is -1.02. The molecule has 2 aliphatic rings. The Bertz CT molecular complexity index is 746. The lowest BCUT2D eigenvalue weighted by Crippen LogP contribution is -2.41. The van der Waals surface area contributed by atoms with Crippen molar-refractivity contribution in [3.63, 3.8) is 0 Å². The number of nitrogens with zero attached hydrogens (tertiary/aromatic N) is 2. The third kappa shape index (κ3) is 2.48. The largest absolute Gasteiger partial charge is 0.515 e. The summed E-state index contributed by atoms with van der Waals surface area (Å²) in [5, 5.41) is 1.24. The maximum absolute atomic E-state index is 8.09. The third-order valence-corrected chi connectivity index (χ3v) is 4.46. The normalized spacial score (nSPS) is 41.2. The molecule has 110 valence electrons. The van der Waals surface area contributed by atoms with Crippen molar-refractivity contribution in [2.45, 2.75) is 38.9 Å². The topological polar surface area (TPSA) is 43.8 Å². The van der Waals surface area contributed by atoms with Crippen molar-refractivity contribution in [1.82, 2.24) is 4.98 Å². The molecule has 0 amide bonds. The van der Waals surface area contributed by atoms with Crippen molar-refractivity contribution in [1.29, 1.82) is 0 Å². The highest BCUT2D eigenvalue weighted by Crippen LogP contribution is 2.36. The Morgan fingerprint density at radius 2 is 1.85 bits per heavy atom. The highest BCUT2D eigenvalue weighted by atomic mass is 32.1. The minimum atomic E-state index is -3.13. The summed E-state index contributed by atoms with van der Waals surface area (Å²) in [6, 6.07) is 0. The van der Waals surface area contributed by atoms with Gasteiger partial charge in [0.25, 0.3) is 0 Å². The van der Waals surface area contributed by atoms with E-state index >= 15 is 0 Å². The number of morpholine rings is 1. The molecule has 1 aromatic heterocycles. The second-order valence-electron chi connectivity index (χ2n) is 5.51. The van der Waals surface area contributed by atoms with E-state index in [2.05, 4.69) is 9.72 Å². The number of hydrogen-bond donors (Lipinski definition) is 0. The van der Waals surface area contributed by atoms with E-state index in [0.717, 1.165) is 11.3 Å². The van der Waals surface area contributed by atoms with Crippen LogP contribution in [0.25, 0.3) is 0 Å². The van der Waals surface area contributed by atoms with Crippen molar-refractivity contribution in [3.05, 3.63) is 5.38 Å². The van der Waals surface area contributed by atoms with Crippen LogP contribution in [0, 0.1) is 0 Å². The number of ether oxygens (including phenoxy) is 1. The predicted octanol–water partition coefficient (Wildman–Crippen LogP) is 1.28. The van der Waals surface area contributed by atoms with E-state index in [1.807, 2.05) is 27.7 Å². The molecule has 0 atom stereocenters. The first-order valence-electron chi connectivity index (χ1n) is 10.2. The van der Waals surface area contributed by atoms with E-state index in [0.29, 0.717) is 4.90 Å². The highest BCUT2D eigenvalue weighted by molar-refractivity contribution is 7.14. The fourth-order valence-corrected chi connectivity index (χ4v) is 2.48. The SMILES string of the molecule is [2H]C1([2H])OC([2H])([2H])C([2H])([2H])N(c2nc(B3OC(C)(C)C(C)(C)O3)cs2)C1([2H])[2H]. The summed E-state index contributed by atoms with van der Waals surface area (Å²) in [4.78, 5) is 4.55. The van der Waals surface area contributed by atoms with Crippen LogP contribution in [0.15, 0.2) is 5.38 Å². The lowest BCUT2D eigenvalue weighted by Gasteiger charge is -2.32. The average Bonchev–Trinajstić information content (AvgIpc) is 2.99. The molecule has 3 rings (SSSR count). The first kappa shape index (κ1) is 7.58. The van der Waals surface area contributed by atoms with Crippen LogP contribution in [0.3, 0.4) is 0 Å². The molecule has 0 aromatic carbocycles. The highest BCUT2D eigenvalue weighted by Gasteiger charge is 2.52. The van der Waals surface area contributed by atoms with Crippen molar-refractivity contribution < 1.29 is 25.0 Å². The lowest BCUT2D eigenvalue weighted by molar-refractivity contribution is 0.00578. The standard InChI is InChI=1S/C13H21BN2O3S/c1-12(2)13(3,4)19-14(18-12)10-9-20-11(15-10)16-5-7-17-8-6-16/h9H,5-8H2,1-4H3/i5D2,6D2,7D2,8D2. The van der Waals surface area contributed by atoms with Crippen molar-refractivity contribution in [2.24, 2.45) is 0 Å². The zero-order valence-corrected chi connectivity index (χ0v) is 12.5. The number of thiazole rings is 1.